The van der Waals surface area contributed by atoms with Gasteiger partial charge in [-0.15, -0.1) is 0 Å². The summed E-state index contributed by atoms with van der Waals surface area (Å²) in [5.41, 5.74) is -1.12. The third kappa shape index (κ3) is 1.95. The second-order valence-electron chi connectivity index (χ2n) is 4.23. The van der Waals surface area contributed by atoms with Gasteiger partial charge >= 0.3 is 0 Å². The van der Waals surface area contributed by atoms with Gasteiger partial charge in [-0.2, -0.15) is 0 Å². The van der Waals surface area contributed by atoms with E-state index in [0.717, 1.165) is 4.90 Å². The largest absolute Gasteiger partial charge is 0.385 e. The van der Waals surface area contributed by atoms with E-state index >= 15 is 0 Å². The Kier molecular flexibility index (Phi) is 2.96. The first-order valence-electron chi connectivity index (χ1n) is 5.28. The lowest BCUT2D eigenvalue weighted by Crippen LogP contribution is -2.55. The number of carbonyl (C=O) groups excluding carboxylic acids is 2. The predicted molar refractivity (Wildman–Crippen MR) is 52.5 cm³/mol. The summed E-state index contributed by atoms with van der Waals surface area (Å²) in [4.78, 5) is 24.0. The number of hydrogen-bond acceptors (Lipinski definition) is 5. The lowest BCUT2D eigenvalue weighted by Gasteiger charge is -2.33. The fraction of sp³-hybridized carbons (Fsp3) is 0.800. The number of hydrogen-bond donors (Lipinski definition) is 1. The molecular weight excluding hydrogens is 214 g/mol. The van der Waals surface area contributed by atoms with Gasteiger partial charge in [0.05, 0.1) is 12.6 Å². The summed E-state index contributed by atoms with van der Waals surface area (Å²) in [5.74, 6) is -0.799. The first-order chi connectivity index (χ1) is 7.53. The monoisotopic (exact) mass is 229 g/mol. The number of rotatable bonds is 2. The summed E-state index contributed by atoms with van der Waals surface area (Å²) in [5, 5.41) is 10.2. The maximum atomic E-state index is 11.5. The highest BCUT2D eigenvalue weighted by atomic mass is 16.5. The number of ether oxygens (including phenoxy) is 2. The average Bonchev–Trinajstić information content (AvgIpc) is 2.54. The van der Waals surface area contributed by atoms with Gasteiger partial charge in [-0.05, 0) is 6.92 Å². The van der Waals surface area contributed by atoms with Crippen molar-refractivity contribution in [2.45, 2.75) is 25.0 Å². The second-order valence-corrected chi connectivity index (χ2v) is 4.23. The normalized spacial score (nSPS) is 35.9. The number of carbonyl (C=O) groups is 2. The zero-order valence-electron chi connectivity index (χ0n) is 9.14. The van der Waals surface area contributed by atoms with Crippen molar-refractivity contribution in [2.75, 3.05) is 26.4 Å². The third-order valence-corrected chi connectivity index (χ3v) is 3.14. The molecule has 2 rings (SSSR count). The molecule has 16 heavy (non-hydrogen) atoms. The molecule has 0 aliphatic carbocycles. The van der Waals surface area contributed by atoms with E-state index in [0.29, 0.717) is 13.0 Å². The molecule has 0 aromatic heterocycles. The van der Waals surface area contributed by atoms with E-state index in [4.69, 9.17) is 9.47 Å². The molecule has 2 amide bonds. The lowest BCUT2D eigenvalue weighted by molar-refractivity contribution is -0.164. The third-order valence-electron chi connectivity index (χ3n) is 3.14. The molecule has 0 bridgehead atoms. The van der Waals surface area contributed by atoms with Crippen molar-refractivity contribution in [3.8, 4) is 0 Å². The molecule has 0 radical (unpaired) electrons. The molecule has 2 aliphatic rings. The number of imide groups is 1. The Bertz CT molecular complexity index is 302. The average molecular weight is 229 g/mol. The standard InChI is InChI=1S/C10H15NO5/c1-7-10(14,2-3-16-7)6-11-8(12)4-15-5-9(11)13/h7,14H,2-6H2,1H3. The fourth-order valence-electron chi connectivity index (χ4n) is 1.95. The SMILES string of the molecule is CC1OCCC1(O)CN1C(=O)COCC1=O. The van der Waals surface area contributed by atoms with Crippen molar-refractivity contribution in [3.05, 3.63) is 0 Å². The van der Waals surface area contributed by atoms with Gasteiger partial charge in [0, 0.05) is 13.0 Å². The van der Waals surface area contributed by atoms with Gasteiger partial charge in [-0.25, -0.2) is 0 Å². The minimum atomic E-state index is -1.12. The summed E-state index contributed by atoms with van der Waals surface area (Å²) < 4.78 is 10.0. The highest BCUT2D eigenvalue weighted by molar-refractivity contribution is 5.98. The smallest absolute Gasteiger partial charge is 0.255 e. The molecular formula is C10H15NO5. The maximum absolute atomic E-state index is 11.5. The summed E-state index contributed by atoms with van der Waals surface area (Å²) in [6, 6.07) is 0. The van der Waals surface area contributed by atoms with Crippen LogP contribution in [0.4, 0.5) is 0 Å². The van der Waals surface area contributed by atoms with Crippen molar-refractivity contribution in [2.24, 2.45) is 0 Å². The van der Waals surface area contributed by atoms with Crippen LogP contribution in [0.5, 0.6) is 0 Å². The van der Waals surface area contributed by atoms with Gasteiger partial charge in [0.2, 0.25) is 0 Å². The summed E-state index contributed by atoms with van der Waals surface area (Å²) in [6.45, 7) is 1.98. The summed E-state index contributed by atoms with van der Waals surface area (Å²) >= 11 is 0. The molecule has 0 saturated carbocycles. The zero-order chi connectivity index (χ0) is 11.8. The molecule has 6 heteroatoms. The highest BCUT2D eigenvalue weighted by Gasteiger charge is 2.43. The topological polar surface area (TPSA) is 76.1 Å². The fourth-order valence-corrected chi connectivity index (χ4v) is 1.95. The molecule has 0 aromatic rings. The number of aliphatic hydroxyl groups is 1. The number of β-amino-alcohol motifs (C(OH)–C–C–N with tert-alkyl or cyclic N) is 1. The van der Waals surface area contributed by atoms with Crippen molar-refractivity contribution in [1.82, 2.24) is 4.90 Å². The Hall–Kier alpha value is -0.980. The van der Waals surface area contributed by atoms with Crippen molar-refractivity contribution in [1.29, 1.82) is 0 Å². The van der Waals surface area contributed by atoms with Crippen LogP contribution in [0.2, 0.25) is 0 Å². The molecule has 2 fully saturated rings. The Morgan fingerprint density at radius 1 is 1.44 bits per heavy atom. The van der Waals surface area contributed by atoms with Crippen molar-refractivity contribution < 1.29 is 24.2 Å². The van der Waals surface area contributed by atoms with E-state index in [1.165, 1.54) is 0 Å². The lowest BCUT2D eigenvalue weighted by atomic mass is 9.95. The molecule has 2 atom stereocenters. The Morgan fingerprint density at radius 2 is 2.06 bits per heavy atom. The van der Waals surface area contributed by atoms with Crippen LogP contribution in [-0.4, -0.2) is 59.9 Å². The second kappa shape index (κ2) is 4.12. The van der Waals surface area contributed by atoms with E-state index in [9.17, 15) is 14.7 Å². The van der Waals surface area contributed by atoms with E-state index in [2.05, 4.69) is 0 Å². The Morgan fingerprint density at radius 3 is 2.56 bits per heavy atom. The number of morpholine rings is 1. The van der Waals surface area contributed by atoms with Crippen LogP contribution in [0.3, 0.4) is 0 Å². The van der Waals surface area contributed by atoms with E-state index in [-0.39, 0.29) is 25.9 Å². The van der Waals surface area contributed by atoms with Crippen LogP contribution >= 0.6 is 0 Å². The summed E-state index contributed by atoms with van der Waals surface area (Å²) in [6.07, 6.45) is 0.0717. The Balaban J connectivity index is 2.07. The molecule has 2 saturated heterocycles. The van der Waals surface area contributed by atoms with Gasteiger partial charge < -0.3 is 14.6 Å². The zero-order valence-corrected chi connectivity index (χ0v) is 9.14. The summed E-state index contributed by atoms with van der Waals surface area (Å²) in [7, 11) is 0. The van der Waals surface area contributed by atoms with Crippen LogP contribution in [0.15, 0.2) is 0 Å². The molecule has 0 spiro atoms. The van der Waals surface area contributed by atoms with Crippen molar-refractivity contribution >= 4 is 11.8 Å². The van der Waals surface area contributed by atoms with Crippen LogP contribution in [0.25, 0.3) is 0 Å². The van der Waals surface area contributed by atoms with Crippen molar-refractivity contribution in [3.63, 3.8) is 0 Å². The molecule has 2 aliphatic heterocycles. The van der Waals surface area contributed by atoms with E-state index < -0.39 is 17.4 Å². The van der Waals surface area contributed by atoms with Crippen LogP contribution in [-0.2, 0) is 19.1 Å². The van der Waals surface area contributed by atoms with Gasteiger partial charge in [-0.1, -0.05) is 0 Å². The number of nitrogens with zero attached hydrogens (tertiary/aromatic N) is 1. The molecule has 6 nitrogen and oxygen atoms in total. The minimum absolute atomic E-state index is 0.00477. The maximum Gasteiger partial charge on any atom is 0.255 e. The van der Waals surface area contributed by atoms with Gasteiger partial charge in [0.15, 0.2) is 0 Å². The van der Waals surface area contributed by atoms with Gasteiger partial charge in [0.25, 0.3) is 11.8 Å². The quantitative estimate of drug-likeness (QED) is 0.609. The first kappa shape index (κ1) is 11.5. The first-order valence-corrected chi connectivity index (χ1v) is 5.28. The highest BCUT2D eigenvalue weighted by Crippen LogP contribution is 2.27. The molecule has 1 N–H and O–H groups in total. The molecule has 2 heterocycles. The van der Waals surface area contributed by atoms with E-state index in [1.54, 1.807) is 6.92 Å². The Labute approximate surface area is 93.1 Å². The van der Waals surface area contributed by atoms with E-state index in [1.807, 2.05) is 0 Å². The molecule has 90 valence electrons. The molecule has 2 unspecified atom stereocenters. The minimum Gasteiger partial charge on any atom is -0.385 e. The van der Waals surface area contributed by atoms with Crippen LogP contribution < -0.4 is 0 Å². The number of amides is 2. The van der Waals surface area contributed by atoms with Gasteiger partial charge in [-0.3, -0.25) is 14.5 Å². The van der Waals surface area contributed by atoms with Crippen LogP contribution in [0.1, 0.15) is 13.3 Å². The molecule has 0 aromatic carbocycles. The van der Waals surface area contributed by atoms with Crippen LogP contribution in [0, 0.1) is 0 Å². The predicted octanol–water partition coefficient (Wildman–Crippen LogP) is -1.09. The van der Waals surface area contributed by atoms with Gasteiger partial charge in [0.1, 0.15) is 18.8 Å².